The van der Waals surface area contributed by atoms with Gasteiger partial charge in [-0.1, -0.05) is 41.4 Å². The summed E-state index contributed by atoms with van der Waals surface area (Å²) in [5, 5.41) is 9.89. The Bertz CT molecular complexity index is 1450. The zero-order valence-corrected chi connectivity index (χ0v) is 20.8. The van der Waals surface area contributed by atoms with E-state index in [2.05, 4.69) is 39.5 Å². The van der Waals surface area contributed by atoms with E-state index >= 15 is 0 Å². The van der Waals surface area contributed by atoms with Crippen LogP contribution in [-0.4, -0.2) is 28.7 Å². The number of carbonyl (C=O) groups is 2. The van der Waals surface area contributed by atoms with E-state index in [0.717, 1.165) is 28.4 Å². The predicted molar refractivity (Wildman–Crippen MR) is 142 cm³/mol. The summed E-state index contributed by atoms with van der Waals surface area (Å²) in [6.07, 6.45) is 0.0267. The van der Waals surface area contributed by atoms with Gasteiger partial charge in [-0.25, -0.2) is 5.43 Å². The largest absolute Gasteiger partial charge is 0.482 e. The lowest BCUT2D eigenvalue weighted by atomic mass is 10.1. The Kier molecular flexibility index (Phi) is 7.58. The topological polar surface area (TPSA) is 84.7 Å². The van der Waals surface area contributed by atoms with Gasteiger partial charge in [0, 0.05) is 44.8 Å². The van der Waals surface area contributed by atoms with Gasteiger partial charge in [0.1, 0.15) is 5.75 Å². The lowest BCUT2D eigenvalue weighted by Gasteiger charge is -2.08. The first-order valence-electron chi connectivity index (χ1n) is 11.1. The molecule has 0 saturated heterocycles. The molecule has 0 bridgehead atoms. The highest BCUT2D eigenvalue weighted by Crippen LogP contribution is 2.31. The molecule has 3 aromatic carbocycles. The number of hydrazone groups is 1. The molecule has 0 radical (unpaired) electrons. The molecule has 0 aliphatic heterocycles. The van der Waals surface area contributed by atoms with Gasteiger partial charge in [0.05, 0.1) is 11.4 Å². The number of benzene rings is 3. The van der Waals surface area contributed by atoms with Crippen molar-refractivity contribution in [3.8, 4) is 5.75 Å². The van der Waals surface area contributed by atoms with Gasteiger partial charge in [-0.05, 0) is 56.3 Å². The minimum absolute atomic E-state index is 0.0267. The lowest BCUT2D eigenvalue weighted by molar-refractivity contribution is -0.123. The first-order chi connectivity index (χ1) is 16.9. The first kappa shape index (κ1) is 24.6. The fourth-order valence-corrected chi connectivity index (χ4v) is 4.34. The molecule has 0 atom stereocenters. The predicted octanol–water partition coefficient (Wildman–Crippen LogP) is 6.02. The molecule has 2 N–H and O–H groups in total. The van der Waals surface area contributed by atoms with Crippen LogP contribution in [0.15, 0.2) is 65.8 Å². The molecule has 180 valence electrons. The van der Waals surface area contributed by atoms with E-state index in [1.165, 1.54) is 6.07 Å². The van der Waals surface area contributed by atoms with Crippen LogP contribution in [-0.2, 0) is 16.1 Å². The minimum atomic E-state index is -0.478. The summed E-state index contributed by atoms with van der Waals surface area (Å²) >= 11 is 11.9. The summed E-state index contributed by atoms with van der Waals surface area (Å²) in [6, 6.07) is 18.8. The third-order valence-corrected chi connectivity index (χ3v) is 5.94. The molecular formula is C26H24Cl2N4O3. The van der Waals surface area contributed by atoms with Crippen LogP contribution in [0.1, 0.15) is 20.3 Å². The maximum atomic E-state index is 12.5. The second kappa shape index (κ2) is 10.8. The van der Waals surface area contributed by atoms with Gasteiger partial charge in [-0.15, -0.1) is 0 Å². The highest BCUT2D eigenvalue weighted by atomic mass is 35.5. The number of para-hydroxylation sites is 1. The molecule has 2 amide bonds. The van der Waals surface area contributed by atoms with E-state index in [1.807, 2.05) is 30.3 Å². The third kappa shape index (κ3) is 5.75. The molecule has 35 heavy (non-hydrogen) atoms. The second-order valence-electron chi connectivity index (χ2n) is 7.96. The Hall–Kier alpha value is -3.55. The average Bonchev–Trinajstić information content (AvgIpc) is 3.15. The average molecular weight is 511 g/mol. The fraction of sp³-hybridized carbons (Fsp3) is 0.192. The molecule has 9 heteroatoms. The number of halogens is 2. The Balaban J connectivity index is 1.34. The van der Waals surface area contributed by atoms with E-state index in [1.54, 1.807) is 19.1 Å². The summed E-state index contributed by atoms with van der Waals surface area (Å²) in [5.74, 6) is -0.373. The number of hydrogen-bond acceptors (Lipinski definition) is 4. The number of ether oxygens (including phenoxy) is 1. The summed E-state index contributed by atoms with van der Waals surface area (Å²) < 4.78 is 7.62. The molecule has 4 aromatic rings. The number of anilines is 1. The van der Waals surface area contributed by atoms with Gasteiger partial charge < -0.3 is 14.6 Å². The highest BCUT2D eigenvalue weighted by molar-refractivity contribution is 6.35. The molecule has 0 fully saturated rings. The molecule has 0 unspecified atom stereocenters. The van der Waals surface area contributed by atoms with Gasteiger partial charge in [-0.2, -0.15) is 5.10 Å². The van der Waals surface area contributed by atoms with Crippen LogP contribution in [0.4, 0.5) is 5.69 Å². The SMILES string of the molecule is CCn1c2ccccc2c2cc(NC(=O)CC(C)=NNC(=O)COc3ccc(Cl)cc3Cl)ccc21. The summed E-state index contributed by atoms with van der Waals surface area (Å²) in [5.41, 5.74) is 5.81. The molecular weight excluding hydrogens is 487 g/mol. The number of aromatic nitrogens is 1. The van der Waals surface area contributed by atoms with Crippen molar-refractivity contribution in [1.82, 2.24) is 9.99 Å². The van der Waals surface area contributed by atoms with E-state index in [-0.39, 0.29) is 18.9 Å². The van der Waals surface area contributed by atoms with Gasteiger partial charge in [0.2, 0.25) is 5.91 Å². The summed E-state index contributed by atoms with van der Waals surface area (Å²) in [7, 11) is 0. The highest BCUT2D eigenvalue weighted by Gasteiger charge is 2.12. The minimum Gasteiger partial charge on any atom is -0.482 e. The number of fused-ring (bicyclic) bond motifs is 3. The molecule has 0 saturated carbocycles. The van der Waals surface area contributed by atoms with Gasteiger partial charge in [0.15, 0.2) is 6.61 Å². The van der Waals surface area contributed by atoms with Crippen LogP contribution in [0, 0.1) is 0 Å². The molecule has 7 nitrogen and oxygen atoms in total. The summed E-state index contributed by atoms with van der Waals surface area (Å²) in [6.45, 7) is 4.35. The quantitative estimate of drug-likeness (QED) is 0.224. The second-order valence-corrected chi connectivity index (χ2v) is 8.81. The van der Waals surface area contributed by atoms with Crippen LogP contribution >= 0.6 is 23.2 Å². The third-order valence-electron chi connectivity index (χ3n) is 5.41. The molecule has 0 aliphatic rings. The van der Waals surface area contributed by atoms with Gasteiger partial charge in [-0.3, -0.25) is 9.59 Å². The van der Waals surface area contributed by atoms with Crippen LogP contribution in [0.3, 0.4) is 0 Å². The molecule has 1 aromatic heterocycles. The van der Waals surface area contributed by atoms with Crippen molar-refractivity contribution in [3.05, 3.63) is 70.7 Å². The Morgan fingerprint density at radius 2 is 1.74 bits per heavy atom. The van der Waals surface area contributed by atoms with Crippen molar-refractivity contribution < 1.29 is 14.3 Å². The number of aryl methyl sites for hydroxylation is 1. The number of nitrogens with zero attached hydrogens (tertiary/aromatic N) is 2. The van der Waals surface area contributed by atoms with Crippen molar-refractivity contribution in [3.63, 3.8) is 0 Å². The number of hydrogen-bond donors (Lipinski definition) is 2. The van der Waals surface area contributed by atoms with E-state index in [9.17, 15) is 9.59 Å². The smallest absolute Gasteiger partial charge is 0.277 e. The number of amides is 2. The maximum absolute atomic E-state index is 12.5. The standard InChI is InChI=1S/C26H24Cl2N4O3/c1-3-32-22-7-5-4-6-19(22)20-14-18(9-10-23(20)32)29-25(33)12-16(2)30-31-26(34)15-35-24-11-8-17(27)13-21(24)28/h4-11,13-14H,3,12,15H2,1-2H3,(H,29,33)(H,31,34). The van der Waals surface area contributed by atoms with Crippen molar-refractivity contribution in [1.29, 1.82) is 0 Å². The molecule has 0 aliphatic carbocycles. The van der Waals surface area contributed by atoms with Gasteiger partial charge >= 0.3 is 0 Å². The maximum Gasteiger partial charge on any atom is 0.277 e. The lowest BCUT2D eigenvalue weighted by Crippen LogP contribution is -2.26. The Labute approximate surface area is 212 Å². The number of rotatable bonds is 8. The first-order valence-corrected chi connectivity index (χ1v) is 11.8. The van der Waals surface area contributed by atoms with Crippen LogP contribution < -0.4 is 15.5 Å². The monoisotopic (exact) mass is 510 g/mol. The van der Waals surface area contributed by atoms with E-state index in [4.69, 9.17) is 27.9 Å². The molecule has 1 heterocycles. The normalized spacial score (nSPS) is 11.6. The Morgan fingerprint density at radius 1 is 0.971 bits per heavy atom. The van der Waals surface area contributed by atoms with Crippen molar-refractivity contribution in [2.45, 2.75) is 26.8 Å². The number of nitrogens with one attached hydrogen (secondary N) is 2. The summed E-state index contributed by atoms with van der Waals surface area (Å²) in [4.78, 5) is 24.6. The van der Waals surface area contributed by atoms with E-state index < -0.39 is 5.91 Å². The number of carbonyl (C=O) groups excluding carboxylic acids is 2. The molecule has 0 spiro atoms. The zero-order chi connectivity index (χ0) is 24.9. The van der Waals surface area contributed by atoms with Crippen molar-refractivity contribution in [2.75, 3.05) is 11.9 Å². The van der Waals surface area contributed by atoms with E-state index in [0.29, 0.717) is 27.2 Å². The molecule has 4 rings (SSSR count). The Morgan fingerprint density at radius 3 is 2.51 bits per heavy atom. The van der Waals surface area contributed by atoms with Crippen molar-refractivity contribution >= 4 is 68.2 Å². The van der Waals surface area contributed by atoms with Gasteiger partial charge in [0.25, 0.3) is 5.91 Å². The van der Waals surface area contributed by atoms with Crippen LogP contribution in [0.5, 0.6) is 5.75 Å². The fourth-order valence-electron chi connectivity index (χ4n) is 3.87. The zero-order valence-electron chi connectivity index (χ0n) is 19.3. The van der Waals surface area contributed by atoms with Crippen LogP contribution in [0.2, 0.25) is 10.0 Å². The van der Waals surface area contributed by atoms with Crippen LogP contribution in [0.25, 0.3) is 21.8 Å². The van der Waals surface area contributed by atoms with Crippen molar-refractivity contribution in [2.24, 2.45) is 5.10 Å².